The van der Waals surface area contributed by atoms with Gasteiger partial charge < -0.3 is 24.4 Å². The van der Waals surface area contributed by atoms with Gasteiger partial charge in [0.25, 0.3) is 5.91 Å². The van der Waals surface area contributed by atoms with Crippen molar-refractivity contribution in [1.29, 1.82) is 0 Å². The molecule has 1 N–H and O–H groups in total. The molecule has 5 atom stereocenters. The lowest BCUT2D eigenvalue weighted by Crippen LogP contribution is -2.56. The lowest BCUT2D eigenvalue weighted by atomic mass is 9.65. The van der Waals surface area contributed by atoms with Crippen molar-refractivity contribution < 1.29 is 29.0 Å². The summed E-state index contributed by atoms with van der Waals surface area (Å²) in [4.78, 5) is 44.9. The Morgan fingerprint density at radius 1 is 1.24 bits per heavy atom. The topological polar surface area (TPSA) is 96.4 Å². The average molecular weight is 533 g/mol. The Kier molecular flexibility index (Phi) is 8.31. The highest BCUT2D eigenvalue weighted by atomic mass is 35.5. The fraction of sp³-hybridized carbons (Fsp3) is 0.607. The van der Waals surface area contributed by atoms with Gasteiger partial charge in [-0.2, -0.15) is 0 Å². The number of hydrogen-bond acceptors (Lipinski definition) is 6. The van der Waals surface area contributed by atoms with Gasteiger partial charge >= 0.3 is 5.97 Å². The fourth-order valence-electron chi connectivity index (χ4n) is 6.62. The molecule has 9 heteroatoms. The molecule has 8 nitrogen and oxygen atoms in total. The van der Waals surface area contributed by atoms with Crippen LogP contribution in [0.1, 0.15) is 52.4 Å². The highest BCUT2D eigenvalue weighted by molar-refractivity contribution is 6.30. The molecule has 0 aliphatic carbocycles. The Labute approximate surface area is 223 Å². The van der Waals surface area contributed by atoms with E-state index in [0.29, 0.717) is 55.8 Å². The minimum absolute atomic E-state index is 0.0691. The Morgan fingerprint density at radius 2 is 1.97 bits per heavy atom. The van der Waals surface area contributed by atoms with Gasteiger partial charge in [-0.3, -0.25) is 14.4 Å². The van der Waals surface area contributed by atoms with Crippen molar-refractivity contribution >= 4 is 35.1 Å². The first-order valence-electron chi connectivity index (χ1n) is 13.3. The number of halogens is 1. The number of carbonyl (C=O) groups excluding carboxylic acids is 3. The number of nitrogens with zero attached hydrogens (tertiary/aromatic N) is 2. The quantitative estimate of drug-likeness (QED) is 0.250. The number of likely N-dealkylation sites (tertiary alicyclic amines) is 1. The molecule has 3 heterocycles. The van der Waals surface area contributed by atoms with Crippen LogP contribution in [0.15, 0.2) is 36.9 Å². The zero-order valence-corrected chi connectivity index (χ0v) is 22.4. The molecule has 0 saturated carbocycles. The van der Waals surface area contributed by atoms with Gasteiger partial charge in [0.1, 0.15) is 17.6 Å². The number of esters is 1. The third kappa shape index (κ3) is 4.57. The van der Waals surface area contributed by atoms with Gasteiger partial charge in [-0.25, -0.2) is 0 Å². The molecule has 2 bridgehead atoms. The Morgan fingerprint density at radius 3 is 2.59 bits per heavy atom. The summed E-state index contributed by atoms with van der Waals surface area (Å²) in [6.07, 6.45) is 5.25. The third-order valence-corrected chi connectivity index (χ3v) is 8.48. The minimum atomic E-state index is -1.11. The SMILES string of the molecule is C=CCN(C(=O)C1N(CCCCCO)C(=O)[C@@H]2[C@H](C(=O)OCC)[C@]3(CC)CCC12O3)c1ccc(Cl)cc1. The molecule has 1 spiro atoms. The van der Waals surface area contributed by atoms with Crippen LogP contribution in [0.4, 0.5) is 5.69 Å². The zero-order valence-electron chi connectivity index (χ0n) is 21.7. The van der Waals surface area contributed by atoms with E-state index in [0.717, 1.165) is 0 Å². The molecule has 3 aliphatic rings. The first-order chi connectivity index (χ1) is 17.8. The highest BCUT2D eigenvalue weighted by Crippen LogP contribution is 2.64. The van der Waals surface area contributed by atoms with Crippen LogP contribution in [0.3, 0.4) is 0 Å². The second-order valence-electron chi connectivity index (χ2n) is 10.1. The molecule has 0 radical (unpaired) electrons. The maximum Gasteiger partial charge on any atom is 0.312 e. The van der Waals surface area contributed by atoms with Crippen LogP contribution >= 0.6 is 11.6 Å². The van der Waals surface area contributed by atoms with Crippen molar-refractivity contribution in [2.45, 2.75) is 69.6 Å². The summed E-state index contributed by atoms with van der Waals surface area (Å²) in [7, 11) is 0. The number of amides is 2. The van der Waals surface area contributed by atoms with Gasteiger partial charge in [0, 0.05) is 30.4 Å². The van der Waals surface area contributed by atoms with Gasteiger partial charge in [-0.15, -0.1) is 6.58 Å². The lowest BCUT2D eigenvalue weighted by Gasteiger charge is -2.37. The number of benzene rings is 1. The minimum Gasteiger partial charge on any atom is -0.466 e. The monoisotopic (exact) mass is 532 g/mol. The Bertz CT molecular complexity index is 1030. The maximum absolute atomic E-state index is 14.4. The second kappa shape index (κ2) is 11.1. The number of aliphatic hydroxyl groups excluding tert-OH is 1. The molecule has 202 valence electrons. The van der Waals surface area contributed by atoms with Crippen LogP contribution in [-0.2, 0) is 23.9 Å². The predicted molar refractivity (Wildman–Crippen MR) is 140 cm³/mol. The summed E-state index contributed by atoms with van der Waals surface area (Å²) < 4.78 is 12.2. The summed E-state index contributed by atoms with van der Waals surface area (Å²) in [5, 5.41) is 9.76. The van der Waals surface area contributed by atoms with Crippen LogP contribution in [0.5, 0.6) is 0 Å². The number of hydrogen-bond donors (Lipinski definition) is 1. The Balaban J connectivity index is 1.77. The van der Waals surface area contributed by atoms with E-state index >= 15 is 0 Å². The van der Waals surface area contributed by atoms with E-state index in [1.165, 1.54) is 0 Å². The molecule has 2 amide bonds. The lowest BCUT2D eigenvalue weighted by molar-refractivity contribution is -0.160. The molecule has 3 aliphatic heterocycles. The highest BCUT2D eigenvalue weighted by Gasteiger charge is 2.79. The zero-order chi connectivity index (χ0) is 26.8. The molecule has 3 saturated heterocycles. The van der Waals surface area contributed by atoms with Gasteiger partial charge in [0.05, 0.1) is 18.1 Å². The molecule has 3 fully saturated rings. The predicted octanol–water partition coefficient (Wildman–Crippen LogP) is 3.74. The largest absolute Gasteiger partial charge is 0.466 e. The first-order valence-corrected chi connectivity index (χ1v) is 13.6. The van der Waals surface area contributed by atoms with Crippen molar-refractivity contribution in [2.75, 3.05) is 31.2 Å². The van der Waals surface area contributed by atoms with E-state index in [2.05, 4.69) is 6.58 Å². The van der Waals surface area contributed by atoms with Crippen LogP contribution < -0.4 is 4.90 Å². The molecule has 0 aromatic heterocycles. The van der Waals surface area contributed by atoms with Crippen LogP contribution in [-0.4, -0.2) is 71.3 Å². The summed E-state index contributed by atoms with van der Waals surface area (Å²) in [6, 6.07) is 6.08. The van der Waals surface area contributed by atoms with Gasteiger partial charge in [-0.05, 0) is 69.7 Å². The maximum atomic E-state index is 14.4. The molecule has 37 heavy (non-hydrogen) atoms. The second-order valence-corrected chi connectivity index (χ2v) is 10.6. The van der Waals surface area contributed by atoms with Crippen molar-refractivity contribution in [3.05, 3.63) is 41.9 Å². The number of unbranched alkanes of at least 4 members (excludes halogenated alkanes) is 2. The number of rotatable bonds is 12. The summed E-state index contributed by atoms with van der Waals surface area (Å²) >= 11 is 6.09. The third-order valence-electron chi connectivity index (χ3n) is 8.23. The van der Waals surface area contributed by atoms with E-state index in [9.17, 15) is 19.5 Å². The van der Waals surface area contributed by atoms with Crippen molar-refractivity contribution in [1.82, 2.24) is 4.90 Å². The average Bonchev–Trinajstić information content (AvgIpc) is 3.49. The summed E-state index contributed by atoms with van der Waals surface area (Å²) in [5.41, 5.74) is -1.29. The normalized spacial score (nSPS) is 29.9. The molecular weight excluding hydrogens is 496 g/mol. The van der Waals surface area contributed by atoms with Crippen LogP contribution in [0.25, 0.3) is 0 Å². The van der Waals surface area contributed by atoms with E-state index in [-0.39, 0.29) is 31.6 Å². The smallest absolute Gasteiger partial charge is 0.312 e. The van der Waals surface area contributed by atoms with E-state index < -0.39 is 35.0 Å². The van der Waals surface area contributed by atoms with Crippen molar-refractivity contribution in [2.24, 2.45) is 11.8 Å². The number of carbonyl (C=O) groups is 3. The van der Waals surface area contributed by atoms with E-state index in [4.69, 9.17) is 21.1 Å². The van der Waals surface area contributed by atoms with E-state index in [1.54, 1.807) is 47.1 Å². The fourth-order valence-corrected chi connectivity index (χ4v) is 6.75. The first kappa shape index (κ1) is 27.6. The van der Waals surface area contributed by atoms with Crippen molar-refractivity contribution in [3.8, 4) is 0 Å². The van der Waals surface area contributed by atoms with E-state index in [1.807, 2.05) is 6.92 Å². The summed E-state index contributed by atoms with van der Waals surface area (Å²) in [5.74, 6) is -2.46. The Hall–Kier alpha value is -2.42. The van der Waals surface area contributed by atoms with Crippen molar-refractivity contribution in [3.63, 3.8) is 0 Å². The van der Waals surface area contributed by atoms with Gasteiger partial charge in [0.2, 0.25) is 5.91 Å². The molecule has 1 aromatic carbocycles. The molecule has 4 rings (SSSR count). The van der Waals surface area contributed by atoms with Crippen LogP contribution in [0, 0.1) is 11.8 Å². The number of ether oxygens (including phenoxy) is 2. The standard InChI is InChI=1S/C28H37ClN2O6/c1-4-16-30(20-12-10-19(29)11-13-20)25(34)23-28-15-14-27(5-2,37-28)22(26(35)36-6-3)21(28)24(33)31(23)17-8-7-9-18-32/h4,10-13,21-23,32H,1,5-9,14-18H2,2-3H3/t21-,22+,23?,27-,28?/m0/s1. The number of fused-ring (bicyclic) bond motifs is 1. The molecular formula is C28H37ClN2O6. The number of anilines is 1. The number of aliphatic hydroxyl groups is 1. The van der Waals surface area contributed by atoms with Gasteiger partial charge in [-0.1, -0.05) is 24.6 Å². The molecule has 2 unspecified atom stereocenters. The summed E-state index contributed by atoms with van der Waals surface area (Å²) in [6.45, 7) is 8.39. The van der Waals surface area contributed by atoms with Gasteiger partial charge in [0.15, 0.2) is 0 Å². The molecule has 1 aromatic rings. The van der Waals surface area contributed by atoms with Crippen LogP contribution in [0.2, 0.25) is 5.02 Å².